The van der Waals surface area contributed by atoms with Crippen molar-refractivity contribution in [3.63, 3.8) is 0 Å². The van der Waals surface area contributed by atoms with Gasteiger partial charge in [-0.05, 0) is 20.3 Å². The topological polar surface area (TPSA) is 66.8 Å². The van der Waals surface area contributed by atoms with Crippen LogP contribution in [0, 0.1) is 0 Å². The number of ether oxygens (including phenoxy) is 1. The summed E-state index contributed by atoms with van der Waals surface area (Å²) < 4.78 is 4.90. The first-order valence-electron chi connectivity index (χ1n) is 4.01. The van der Waals surface area contributed by atoms with Crippen LogP contribution in [0.15, 0.2) is 0 Å². The number of ketones is 1. The van der Waals surface area contributed by atoms with E-state index < -0.39 is 18.0 Å². The molecule has 0 aliphatic carbocycles. The molecule has 12 heavy (non-hydrogen) atoms. The minimum Gasteiger partial charge on any atom is -0.383 e. The summed E-state index contributed by atoms with van der Waals surface area (Å²) in [4.78, 5) is 11.3. The molecule has 70 valence electrons. The molecule has 0 amide bonds. The predicted octanol–water partition coefficient (Wildman–Crippen LogP) is -0.176. The average Bonchev–Trinajstić information content (AvgIpc) is 2.32. The van der Waals surface area contributed by atoms with Gasteiger partial charge in [0.1, 0.15) is 11.7 Å². The molecule has 0 spiro atoms. The van der Waals surface area contributed by atoms with Gasteiger partial charge >= 0.3 is 0 Å². The average molecular weight is 174 g/mol. The Balaban J connectivity index is 2.55. The van der Waals surface area contributed by atoms with Gasteiger partial charge in [0.2, 0.25) is 0 Å². The molecule has 1 aliphatic rings. The third-order valence-corrected chi connectivity index (χ3v) is 1.89. The van der Waals surface area contributed by atoms with E-state index in [0.717, 1.165) is 0 Å². The van der Waals surface area contributed by atoms with E-state index in [1.165, 1.54) is 13.8 Å². The predicted molar refractivity (Wildman–Crippen MR) is 41.4 cm³/mol. The van der Waals surface area contributed by atoms with Crippen molar-refractivity contribution < 1.29 is 19.7 Å². The summed E-state index contributed by atoms with van der Waals surface area (Å²) in [5.74, 6) is -0.362. The van der Waals surface area contributed by atoms with Crippen LogP contribution >= 0.6 is 0 Å². The number of hydrogen-bond acceptors (Lipinski definition) is 4. The van der Waals surface area contributed by atoms with Crippen LogP contribution in [0.3, 0.4) is 0 Å². The normalized spacial score (nSPS) is 30.7. The van der Waals surface area contributed by atoms with Crippen LogP contribution in [0.5, 0.6) is 0 Å². The van der Waals surface area contributed by atoms with E-state index in [4.69, 9.17) is 9.84 Å². The summed E-state index contributed by atoms with van der Waals surface area (Å²) in [7, 11) is 0. The second-order valence-corrected chi connectivity index (χ2v) is 3.58. The van der Waals surface area contributed by atoms with Gasteiger partial charge in [-0.3, -0.25) is 4.79 Å². The zero-order valence-corrected chi connectivity index (χ0v) is 7.28. The molecule has 0 bridgehead atoms. The van der Waals surface area contributed by atoms with Gasteiger partial charge in [0.25, 0.3) is 0 Å². The Kier molecular flexibility index (Phi) is 2.51. The first-order valence-corrected chi connectivity index (χ1v) is 4.01. The number of carbonyl (C=O) groups is 1. The molecule has 2 N–H and O–H groups in total. The van der Waals surface area contributed by atoms with Gasteiger partial charge in [0, 0.05) is 6.42 Å². The van der Waals surface area contributed by atoms with Gasteiger partial charge in [-0.1, -0.05) is 0 Å². The minimum absolute atomic E-state index is 0.362. The Hall–Kier alpha value is -0.450. The van der Waals surface area contributed by atoms with Crippen molar-refractivity contribution in [1.82, 2.24) is 0 Å². The van der Waals surface area contributed by atoms with Crippen LogP contribution in [-0.2, 0) is 9.53 Å². The molecule has 1 rings (SSSR count). The molecular weight excluding hydrogens is 160 g/mol. The van der Waals surface area contributed by atoms with E-state index in [0.29, 0.717) is 12.8 Å². The lowest BCUT2D eigenvalue weighted by Gasteiger charge is -2.19. The molecule has 0 aromatic rings. The van der Waals surface area contributed by atoms with Gasteiger partial charge in [0.05, 0.1) is 0 Å². The second-order valence-electron chi connectivity index (χ2n) is 3.58. The van der Waals surface area contributed by atoms with Crippen molar-refractivity contribution >= 4 is 5.78 Å². The number of Topliss-reactive ketones (excluding diaryl/α,β-unsaturated/α-hetero) is 1. The molecule has 0 aromatic carbocycles. The molecule has 1 aliphatic heterocycles. The van der Waals surface area contributed by atoms with E-state index >= 15 is 0 Å². The molecule has 4 heteroatoms. The quantitative estimate of drug-likeness (QED) is 0.609. The van der Waals surface area contributed by atoms with Crippen LogP contribution in [0.25, 0.3) is 0 Å². The molecule has 2 atom stereocenters. The van der Waals surface area contributed by atoms with Gasteiger partial charge in [0.15, 0.2) is 12.1 Å². The monoisotopic (exact) mass is 174 g/mol. The van der Waals surface area contributed by atoms with E-state index in [1.54, 1.807) is 0 Å². The second kappa shape index (κ2) is 3.12. The highest BCUT2D eigenvalue weighted by molar-refractivity contribution is 5.90. The number of carbonyl (C=O) groups excluding carboxylic acids is 1. The molecular formula is C8H14O4. The number of hydrogen-bond donors (Lipinski definition) is 2. The number of rotatable bonds is 2. The fourth-order valence-electron chi connectivity index (χ4n) is 1.21. The summed E-state index contributed by atoms with van der Waals surface area (Å²) in [5.41, 5.74) is -1.37. The standard InChI is InChI=1S/C8H14O4/c1-8(2,11)7(10)5-3-4-6(9)12-5/h5-6,9,11H,3-4H2,1-2H3. The Morgan fingerprint density at radius 3 is 2.42 bits per heavy atom. The summed E-state index contributed by atoms with van der Waals surface area (Å²) in [6, 6.07) is 0. The summed E-state index contributed by atoms with van der Waals surface area (Å²) >= 11 is 0. The van der Waals surface area contributed by atoms with Gasteiger partial charge in [-0.2, -0.15) is 0 Å². The van der Waals surface area contributed by atoms with Crippen LogP contribution in [-0.4, -0.2) is 34.0 Å². The largest absolute Gasteiger partial charge is 0.383 e. The third-order valence-electron chi connectivity index (χ3n) is 1.89. The maximum Gasteiger partial charge on any atom is 0.192 e. The van der Waals surface area contributed by atoms with E-state index in [-0.39, 0.29) is 5.78 Å². The summed E-state index contributed by atoms with van der Waals surface area (Å²) in [6.45, 7) is 2.84. The van der Waals surface area contributed by atoms with Crippen molar-refractivity contribution in [2.24, 2.45) is 0 Å². The third kappa shape index (κ3) is 2.03. The zero-order valence-electron chi connectivity index (χ0n) is 7.28. The SMILES string of the molecule is CC(C)(O)C(=O)C1CCC(O)O1. The molecule has 0 saturated carbocycles. The van der Waals surface area contributed by atoms with Crippen molar-refractivity contribution in [1.29, 1.82) is 0 Å². The molecule has 0 radical (unpaired) electrons. The molecule has 4 nitrogen and oxygen atoms in total. The zero-order chi connectivity index (χ0) is 9.35. The maximum atomic E-state index is 11.3. The van der Waals surface area contributed by atoms with Crippen molar-refractivity contribution in [2.45, 2.75) is 44.7 Å². The molecule has 1 heterocycles. The smallest absolute Gasteiger partial charge is 0.192 e. The molecule has 1 saturated heterocycles. The lowest BCUT2D eigenvalue weighted by Crippen LogP contribution is -2.39. The first kappa shape index (κ1) is 9.64. The highest BCUT2D eigenvalue weighted by Crippen LogP contribution is 2.22. The minimum atomic E-state index is -1.37. The highest BCUT2D eigenvalue weighted by atomic mass is 16.6. The van der Waals surface area contributed by atoms with Crippen LogP contribution < -0.4 is 0 Å². The van der Waals surface area contributed by atoms with Crippen molar-refractivity contribution in [3.05, 3.63) is 0 Å². The lowest BCUT2D eigenvalue weighted by atomic mass is 9.97. The molecule has 2 unspecified atom stereocenters. The Labute approximate surface area is 71.2 Å². The van der Waals surface area contributed by atoms with Crippen molar-refractivity contribution in [3.8, 4) is 0 Å². The molecule has 0 aromatic heterocycles. The van der Waals surface area contributed by atoms with E-state index in [9.17, 15) is 9.90 Å². The van der Waals surface area contributed by atoms with E-state index in [1.807, 2.05) is 0 Å². The Bertz CT molecular complexity index is 182. The fourth-order valence-corrected chi connectivity index (χ4v) is 1.21. The Morgan fingerprint density at radius 2 is 2.08 bits per heavy atom. The van der Waals surface area contributed by atoms with Gasteiger partial charge in [-0.25, -0.2) is 0 Å². The Morgan fingerprint density at radius 1 is 1.50 bits per heavy atom. The highest BCUT2D eigenvalue weighted by Gasteiger charge is 2.36. The maximum absolute atomic E-state index is 11.3. The lowest BCUT2D eigenvalue weighted by molar-refractivity contribution is -0.155. The van der Waals surface area contributed by atoms with E-state index in [2.05, 4.69) is 0 Å². The van der Waals surface area contributed by atoms with Gasteiger partial charge < -0.3 is 14.9 Å². The summed E-state index contributed by atoms with van der Waals surface area (Å²) in [5, 5.41) is 18.3. The van der Waals surface area contributed by atoms with Crippen molar-refractivity contribution in [2.75, 3.05) is 0 Å². The number of aliphatic hydroxyl groups is 2. The van der Waals surface area contributed by atoms with Gasteiger partial charge in [-0.15, -0.1) is 0 Å². The fraction of sp³-hybridized carbons (Fsp3) is 0.875. The summed E-state index contributed by atoms with van der Waals surface area (Å²) in [6.07, 6.45) is -0.530. The first-order chi connectivity index (χ1) is 5.41. The van der Waals surface area contributed by atoms with Crippen LogP contribution in [0.4, 0.5) is 0 Å². The van der Waals surface area contributed by atoms with Crippen LogP contribution in [0.1, 0.15) is 26.7 Å². The molecule has 1 fully saturated rings. The van der Waals surface area contributed by atoms with Crippen LogP contribution in [0.2, 0.25) is 0 Å². The number of aliphatic hydroxyl groups excluding tert-OH is 1.